The predicted molar refractivity (Wildman–Crippen MR) is 93.3 cm³/mol. The summed E-state index contributed by atoms with van der Waals surface area (Å²) in [6, 6.07) is 3.74. The summed E-state index contributed by atoms with van der Waals surface area (Å²) < 4.78 is 0. The quantitative estimate of drug-likeness (QED) is 0.831. The normalized spacial score (nSPS) is 14.6. The van der Waals surface area contributed by atoms with E-state index in [9.17, 15) is 4.79 Å². The summed E-state index contributed by atoms with van der Waals surface area (Å²) in [6.45, 7) is 3.16. The van der Waals surface area contributed by atoms with E-state index >= 15 is 0 Å². The van der Waals surface area contributed by atoms with Crippen LogP contribution in [0.3, 0.4) is 0 Å². The van der Waals surface area contributed by atoms with Crippen molar-refractivity contribution in [1.82, 2.24) is 19.9 Å². The van der Waals surface area contributed by atoms with E-state index in [1.165, 1.54) is 0 Å². The Hall–Kier alpha value is -2.41. The number of hydrogen-bond donors (Lipinski definition) is 0. The van der Waals surface area contributed by atoms with Gasteiger partial charge >= 0.3 is 0 Å². The molecule has 126 valence electrons. The molecule has 0 bridgehead atoms. The molecular weight excluding hydrogens is 328 g/mol. The molecule has 7 nitrogen and oxygen atoms in total. The highest BCUT2D eigenvalue weighted by Gasteiger charge is 2.22. The fourth-order valence-corrected chi connectivity index (χ4v) is 2.72. The Labute approximate surface area is 145 Å². The largest absolute Gasteiger partial charge is 0.353 e. The van der Waals surface area contributed by atoms with Crippen LogP contribution in [0.5, 0.6) is 0 Å². The number of anilines is 2. The lowest BCUT2D eigenvalue weighted by Crippen LogP contribution is -2.51. The Balaban J connectivity index is 1.52. The van der Waals surface area contributed by atoms with Crippen molar-refractivity contribution >= 4 is 29.1 Å². The van der Waals surface area contributed by atoms with E-state index in [0.717, 1.165) is 18.9 Å². The van der Waals surface area contributed by atoms with Crippen molar-refractivity contribution in [1.29, 1.82) is 0 Å². The van der Waals surface area contributed by atoms with Gasteiger partial charge in [0.15, 0.2) is 0 Å². The van der Waals surface area contributed by atoms with Crippen LogP contribution in [0.4, 0.5) is 11.6 Å². The molecule has 0 saturated carbocycles. The third kappa shape index (κ3) is 3.91. The number of nitrogens with zero attached hydrogens (tertiary/aromatic N) is 6. The monoisotopic (exact) mass is 346 g/mol. The Morgan fingerprint density at radius 3 is 2.58 bits per heavy atom. The second kappa shape index (κ2) is 7.44. The predicted octanol–water partition coefficient (Wildman–Crippen LogP) is 1.31. The van der Waals surface area contributed by atoms with Crippen molar-refractivity contribution in [3.05, 3.63) is 41.9 Å². The van der Waals surface area contributed by atoms with Gasteiger partial charge in [-0.2, -0.15) is 0 Å². The number of rotatable bonds is 4. The van der Waals surface area contributed by atoms with Gasteiger partial charge in [-0.05, 0) is 12.1 Å². The molecule has 0 N–H and O–H groups in total. The first-order valence-corrected chi connectivity index (χ1v) is 8.13. The van der Waals surface area contributed by atoms with E-state index in [4.69, 9.17) is 11.6 Å². The Morgan fingerprint density at radius 1 is 1.17 bits per heavy atom. The van der Waals surface area contributed by atoms with Gasteiger partial charge < -0.3 is 14.7 Å². The molecule has 1 fully saturated rings. The minimum Gasteiger partial charge on any atom is -0.353 e. The number of piperazine rings is 1. The third-order valence-electron chi connectivity index (χ3n) is 3.98. The second-order valence-corrected chi connectivity index (χ2v) is 6.06. The Morgan fingerprint density at radius 2 is 1.96 bits per heavy atom. The van der Waals surface area contributed by atoms with E-state index in [2.05, 4.69) is 19.9 Å². The van der Waals surface area contributed by atoms with Crippen LogP contribution < -0.4 is 9.80 Å². The molecular formula is C16H19ClN6O. The van der Waals surface area contributed by atoms with Crippen LogP contribution in [0.25, 0.3) is 0 Å². The number of amides is 1. The molecule has 0 aliphatic carbocycles. The minimum atomic E-state index is 0.0897. The number of pyridine rings is 1. The summed E-state index contributed by atoms with van der Waals surface area (Å²) in [5, 5.41) is 0.625. The lowest BCUT2D eigenvalue weighted by molar-refractivity contribution is -0.129. The van der Waals surface area contributed by atoms with Crippen LogP contribution in [0.1, 0.15) is 0 Å². The van der Waals surface area contributed by atoms with Crippen LogP contribution in [0, 0.1) is 0 Å². The average molecular weight is 347 g/mol. The summed E-state index contributed by atoms with van der Waals surface area (Å²) in [5.74, 6) is 1.67. The molecule has 1 aliphatic rings. The van der Waals surface area contributed by atoms with Gasteiger partial charge in [0.1, 0.15) is 11.6 Å². The number of halogens is 1. The highest BCUT2D eigenvalue weighted by atomic mass is 35.5. The van der Waals surface area contributed by atoms with E-state index in [1.807, 2.05) is 29.0 Å². The number of aromatic nitrogens is 3. The molecule has 3 heterocycles. The maximum absolute atomic E-state index is 12.5. The van der Waals surface area contributed by atoms with Crippen molar-refractivity contribution in [2.75, 3.05) is 49.6 Å². The van der Waals surface area contributed by atoms with Gasteiger partial charge in [0.25, 0.3) is 0 Å². The van der Waals surface area contributed by atoms with E-state index in [1.54, 1.807) is 24.8 Å². The van der Waals surface area contributed by atoms with Crippen molar-refractivity contribution in [3.8, 4) is 0 Å². The van der Waals surface area contributed by atoms with Crippen molar-refractivity contribution in [3.63, 3.8) is 0 Å². The number of hydrogen-bond acceptors (Lipinski definition) is 6. The zero-order valence-electron chi connectivity index (χ0n) is 13.5. The lowest BCUT2D eigenvalue weighted by Gasteiger charge is -2.36. The van der Waals surface area contributed by atoms with Gasteiger partial charge in [-0.25, -0.2) is 9.97 Å². The summed E-state index contributed by atoms with van der Waals surface area (Å²) in [4.78, 5) is 30.8. The van der Waals surface area contributed by atoms with Gasteiger partial charge in [-0.1, -0.05) is 11.6 Å². The van der Waals surface area contributed by atoms with Gasteiger partial charge in [-0.3, -0.25) is 9.78 Å². The van der Waals surface area contributed by atoms with Gasteiger partial charge in [0, 0.05) is 51.8 Å². The zero-order valence-corrected chi connectivity index (χ0v) is 14.2. The summed E-state index contributed by atoms with van der Waals surface area (Å²) >= 11 is 5.87. The van der Waals surface area contributed by atoms with Gasteiger partial charge in [0.2, 0.25) is 5.91 Å². The highest BCUT2D eigenvalue weighted by Crippen LogP contribution is 2.16. The van der Waals surface area contributed by atoms with E-state index < -0.39 is 0 Å². The lowest BCUT2D eigenvalue weighted by atomic mass is 10.3. The third-order valence-corrected chi connectivity index (χ3v) is 4.20. The van der Waals surface area contributed by atoms with E-state index in [0.29, 0.717) is 23.9 Å². The first-order chi connectivity index (χ1) is 11.6. The smallest absolute Gasteiger partial charge is 0.242 e. The first kappa shape index (κ1) is 16.4. The van der Waals surface area contributed by atoms with Crippen LogP contribution in [0.2, 0.25) is 5.02 Å². The topological polar surface area (TPSA) is 65.5 Å². The van der Waals surface area contributed by atoms with Crippen LogP contribution in [0.15, 0.2) is 36.9 Å². The zero-order chi connectivity index (χ0) is 16.9. The molecule has 0 unspecified atom stereocenters. The minimum absolute atomic E-state index is 0.0897. The molecule has 0 aromatic carbocycles. The molecule has 2 aromatic rings. The first-order valence-electron chi connectivity index (χ1n) is 7.75. The molecule has 3 rings (SSSR count). The maximum Gasteiger partial charge on any atom is 0.242 e. The highest BCUT2D eigenvalue weighted by molar-refractivity contribution is 6.30. The SMILES string of the molecule is CN(CC(=O)N1CCN(c2ccc(Cl)cn2)CC1)c1cnccn1. The molecule has 0 radical (unpaired) electrons. The molecule has 1 amide bonds. The summed E-state index contributed by atoms with van der Waals surface area (Å²) in [6.07, 6.45) is 6.53. The maximum atomic E-state index is 12.5. The molecule has 0 spiro atoms. The number of carbonyl (C=O) groups is 1. The fourth-order valence-electron chi connectivity index (χ4n) is 2.61. The standard InChI is InChI=1S/C16H19ClN6O/c1-21(15-11-18-4-5-19-15)12-16(24)23-8-6-22(7-9-23)14-3-2-13(17)10-20-14/h2-5,10-11H,6-9,12H2,1H3. The Kier molecular flexibility index (Phi) is 5.10. The number of likely N-dealkylation sites (N-methyl/N-ethyl adjacent to an activating group) is 1. The van der Waals surface area contributed by atoms with Crippen molar-refractivity contribution in [2.45, 2.75) is 0 Å². The Bertz CT molecular complexity index is 673. The molecule has 8 heteroatoms. The molecule has 2 aromatic heterocycles. The molecule has 0 atom stereocenters. The summed E-state index contributed by atoms with van der Waals surface area (Å²) in [7, 11) is 1.84. The molecule has 1 saturated heterocycles. The number of carbonyl (C=O) groups excluding carboxylic acids is 1. The van der Waals surface area contributed by atoms with Gasteiger partial charge in [-0.15, -0.1) is 0 Å². The fraction of sp³-hybridized carbons (Fsp3) is 0.375. The van der Waals surface area contributed by atoms with Crippen LogP contribution >= 0.6 is 11.6 Å². The average Bonchev–Trinajstić information content (AvgIpc) is 2.63. The van der Waals surface area contributed by atoms with Crippen LogP contribution in [-0.4, -0.2) is 65.5 Å². The molecule has 1 aliphatic heterocycles. The second-order valence-electron chi connectivity index (χ2n) is 5.62. The van der Waals surface area contributed by atoms with Crippen LogP contribution in [-0.2, 0) is 4.79 Å². The van der Waals surface area contributed by atoms with Crippen molar-refractivity contribution in [2.24, 2.45) is 0 Å². The summed E-state index contributed by atoms with van der Waals surface area (Å²) in [5.41, 5.74) is 0. The molecule has 24 heavy (non-hydrogen) atoms. The van der Waals surface area contributed by atoms with Crippen molar-refractivity contribution < 1.29 is 4.79 Å². The van der Waals surface area contributed by atoms with E-state index in [-0.39, 0.29) is 12.5 Å². The van der Waals surface area contributed by atoms with Gasteiger partial charge in [0.05, 0.1) is 17.8 Å².